The first kappa shape index (κ1) is 17.4. The van der Waals surface area contributed by atoms with Gasteiger partial charge in [-0.1, -0.05) is 45.4 Å². The fourth-order valence-electron chi connectivity index (χ4n) is 2.52. The van der Waals surface area contributed by atoms with Crippen LogP contribution in [0.5, 0.6) is 0 Å². The number of hydrogen-bond acceptors (Lipinski definition) is 3. The van der Waals surface area contributed by atoms with Gasteiger partial charge in [0.05, 0.1) is 5.60 Å². The Hall–Kier alpha value is -0.610. The van der Waals surface area contributed by atoms with Gasteiger partial charge in [0.25, 0.3) is 0 Å². The summed E-state index contributed by atoms with van der Waals surface area (Å²) in [6, 6.07) is 0. The summed E-state index contributed by atoms with van der Waals surface area (Å²) in [6.07, 6.45) is 10.3. The summed E-state index contributed by atoms with van der Waals surface area (Å²) in [5, 5.41) is 13.1. The molecule has 4 nitrogen and oxygen atoms in total. The molecule has 1 fully saturated rings. The second-order valence-electron chi connectivity index (χ2n) is 5.98. The van der Waals surface area contributed by atoms with Crippen LogP contribution in [-0.2, 0) is 9.53 Å². The zero-order chi connectivity index (χ0) is 14.7. The first-order chi connectivity index (χ1) is 9.66. The van der Waals surface area contributed by atoms with Crippen LogP contribution in [0.1, 0.15) is 71.1 Å². The molecule has 1 aliphatic rings. The Morgan fingerprint density at radius 2 is 1.70 bits per heavy atom. The normalized spacial score (nSPS) is 17.9. The van der Waals surface area contributed by atoms with Crippen molar-refractivity contribution in [2.75, 3.05) is 19.8 Å². The Morgan fingerprint density at radius 1 is 1.10 bits per heavy atom. The molecule has 1 amide bonds. The molecule has 0 unspecified atom stereocenters. The highest BCUT2D eigenvalue weighted by Gasteiger charge is 2.29. The predicted octanol–water partition coefficient (Wildman–Crippen LogP) is 2.78. The van der Waals surface area contributed by atoms with E-state index in [1.165, 1.54) is 32.1 Å². The lowest BCUT2D eigenvalue weighted by Gasteiger charge is -2.32. The summed E-state index contributed by atoms with van der Waals surface area (Å²) in [6.45, 7) is 3.76. The Kier molecular flexibility index (Phi) is 8.86. The van der Waals surface area contributed by atoms with Crippen molar-refractivity contribution in [1.29, 1.82) is 0 Å². The topological polar surface area (TPSA) is 58.6 Å². The molecule has 0 atom stereocenters. The number of rotatable bonds is 10. The van der Waals surface area contributed by atoms with Crippen LogP contribution in [0.2, 0.25) is 0 Å². The summed E-state index contributed by atoms with van der Waals surface area (Å²) in [5.41, 5.74) is -0.756. The number of carbonyl (C=O) groups excluding carboxylic acids is 1. The van der Waals surface area contributed by atoms with Crippen LogP contribution in [0.3, 0.4) is 0 Å². The maximum atomic E-state index is 11.7. The van der Waals surface area contributed by atoms with E-state index in [2.05, 4.69) is 12.2 Å². The third-order valence-electron chi connectivity index (χ3n) is 4.05. The second-order valence-corrected chi connectivity index (χ2v) is 5.98. The van der Waals surface area contributed by atoms with Crippen LogP contribution in [0.15, 0.2) is 0 Å². The molecule has 0 aliphatic carbocycles. The fraction of sp³-hybridized carbons (Fsp3) is 0.938. The fourth-order valence-corrected chi connectivity index (χ4v) is 2.52. The molecule has 1 heterocycles. The Bertz CT molecular complexity index is 262. The number of nitrogens with one attached hydrogen (secondary N) is 1. The van der Waals surface area contributed by atoms with Gasteiger partial charge >= 0.3 is 0 Å². The lowest BCUT2D eigenvalue weighted by atomic mass is 9.94. The van der Waals surface area contributed by atoms with Gasteiger partial charge in [0.1, 0.15) is 0 Å². The number of amides is 1. The maximum Gasteiger partial charge on any atom is 0.220 e. The average Bonchev–Trinajstić information content (AvgIpc) is 2.45. The highest BCUT2D eigenvalue weighted by atomic mass is 16.5. The van der Waals surface area contributed by atoms with E-state index in [0.717, 1.165) is 12.8 Å². The lowest BCUT2D eigenvalue weighted by Crippen LogP contribution is -2.46. The molecule has 0 spiro atoms. The summed E-state index contributed by atoms with van der Waals surface area (Å²) in [4.78, 5) is 11.7. The van der Waals surface area contributed by atoms with Crippen molar-refractivity contribution in [3.63, 3.8) is 0 Å². The van der Waals surface area contributed by atoms with Crippen molar-refractivity contribution in [2.24, 2.45) is 0 Å². The Balaban J connectivity index is 1.97. The molecule has 1 aliphatic heterocycles. The molecule has 1 saturated heterocycles. The molecule has 4 heteroatoms. The minimum Gasteiger partial charge on any atom is -0.388 e. The largest absolute Gasteiger partial charge is 0.388 e. The van der Waals surface area contributed by atoms with Gasteiger partial charge in [0.2, 0.25) is 5.91 Å². The minimum absolute atomic E-state index is 0.0680. The molecular formula is C16H31NO3. The standard InChI is InChI=1S/C16H31NO3/c1-2-3-4-5-6-7-8-9-15(18)17-14-16(19)10-12-20-13-11-16/h19H,2-14H2,1H3,(H,17,18). The van der Waals surface area contributed by atoms with Gasteiger partial charge < -0.3 is 15.2 Å². The monoisotopic (exact) mass is 285 g/mol. The van der Waals surface area contributed by atoms with Gasteiger partial charge in [-0.3, -0.25) is 4.79 Å². The number of aliphatic hydroxyl groups is 1. The van der Waals surface area contributed by atoms with Gasteiger partial charge in [-0.15, -0.1) is 0 Å². The molecule has 2 N–H and O–H groups in total. The van der Waals surface area contributed by atoms with Crippen LogP contribution in [0.25, 0.3) is 0 Å². The maximum absolute atomic E-state index is 11.7. The number of carbonyl (C=O) groups is 1. The predicted molar refractivity (Wildman–Crippen MR) is 80.6 cm³/mol. The van der Waals surface area contributed by atoms with E-state index in [9.17, 15) is 9.90 Å². The van der Waals surface area contributed by atoms with Crippen LogP contribution in [-0.4, -0.2) is 36.4 Å². The number of hydrogen-bond donors (Lipinski definition) is 2. The molecule has 0 aromatic rings. The molecule has 20 heavy (non-hydrogen) atoms. The minimum atomic E-state index is -0.756. The Morgan fingerprint density at radius 3 is 2.35 bits per heavy atom. The van der Waals surface area contributed by atoms with E-state index in [-0.39, 0.29) is 5.91 Å². The number of unbranched alkanes of at least 4 members (excludes halogenated alkanes) is 6. The summed E-state index contributed by atoms with van der Waals surface area (Å²) < 4.78 is 5.22. The molecule has 0 aromatic heterocycles. The first-order valence-corrected chi connectivity index (χ1v) is 8.23. The highest BCUT2D eigenvalue weighted by Crippen LogP contribution is 2.19. The van der Waals surface area contributed by atoms with E-state index in [0.29, 0.717) is 39.0 Å². The van der Waals surface area contributed by atoms with Crippen molar-refractivity contribution in [1.82, 2.24) is 5.32 Å². The van der Waals surface area contributed by atoms with E-state index < -0.39 is 5.60 Å². The van der Waals surface area contributed by atoms with E-state index in [1.807, 2.05) is 0 Å². The van der Waals surface area contributed by atoms with Crippen LogP contribution in [0, 0.1) is 0 Å². The smallest absolute Gasteiger partial charge is 0.220 e. The first-order valence-electron chi connectivity index (χ1n) is 8.23. The van der Waals surface area contributed by atoms with Crippen molar-refractivity contribution in [3.05, 3.63) is 0 Å². The van der Waals surface area contributed by atoms with Gasteiger partial charge in [-0.05, 0) is 6.42 Å². The quantitative estimate of drug-likeness (QED) is 0.607. The third kappa shape index (κ3) is 7.85. The van der Waals surface area contributed by atoms with E-state index >= 15 is 0 Å². The second kappa shape index (κ2) is 10.2. The molecule has 0 radical (unpaired) electrons. The highest BCUT2D eigenvalue weighted by molar-refractivity contribution is 5.75. The van der Waals surface area contributed by atoms with Gasteiger partial charge in [0.15, 0.2) is 0 Å². The average molecular weight is 285 g/mol. The molecule has 0 bridgehead atoms. The van der Waals surface area contributed by atoms with Crippen molar-refractivity contribution in [2.45, 2.75) is 76.7 Å². The summed E-state index contributed by atoms with van der Waals surface area (Å²) in [5.74, 6) is 0.0680. The molecule has 1 rings (SSSR count). The summed E-state index contributed by atoms with van der Waals surface area (Å²) >= 11 is 0. The van der Waals surface area contributed by atoms with Crippen LogP contribution in [0.4, 0.5) is 0 Å². The van der Waals surface area contributed by atoms with Crippen LogP contribution < -0.4 is 5.32 Å². The molecular weight excluding hydrogens is 254 g/mol. The molecule has 0 saturated carbocycles. The van der Waals surface area contributed by atoms with Crippen molar-refractivity contribution < 1.29 is 14.6 Å². The summed E-state index contributed by atoms with van der Waals surface area (Å²) in [7, 11) is 0. The van der Waals surface area contributed by atoms with E-state index in [1.54, 1.807) is 0 Å². The molecule has 0 aromatic carbocycles. The van der Waals surface area contributed by atoms with Gasteiger partial charge in [0, 0.05) is 39.0 Å². The lowest BCUT2D eigenvalue weighted by molar-refractivity contribution is -0.124. The van der Waals surface area contributed by atoms with Gasteiger partial charge in [-0.25, -0.2) is 0 Å². The SMILES string of the molecule is CCCCCCCCCC(=O)NCC1(O)CCOCC1. The van der Waals surface area contributed by atoms with Crippen molar-refractivity contribution in [3.8, 4) is 0 Å². The van der Waals surface area contributed by atoms with Crippen molar-refractivity contribution >= 4 is 5.91 Å². The van der Waals surface area contributed by atoms with Gasteiger partial charge in [-0.2, -0.15) is 0 Å². The Labute approximate surface area is 123 Å². The number of ether oxygens (including phenoxy) is 1. The third-order valence-corrected chi connectivity index (χ3v) is 4.05. The molecule has 118 valence electrons. The van der Waals surface area contributed by atoms with E-state index in [4.69, 9.17) is 4.74 Å². The van der Waals surface area contributed by atoms with Crippen LogP contribution >= 0.6 is 0 Å². The zero-order valence-corrected chi connectivity index (χ0v) is 13.0. The zero-order valence-electron chi connectivity index (χ0n) is 13.0.